The average Bonchev–Trinajstić information content (AvgIpc) is 2.26. The lowest BCUT2D eigenvalue weighted by Gasteiger charge is -1.99. The molecule has 0 heterocycles. The summed E-state index contributed by atoms with van der Waals surface area (Å²) in [5, 5.41) is 8.66. The zero-order valence-electron chi connectivity index (χ0n) is 8.40. The molecule has 0 aliphatic heterocycles. The molecule has 0 saturated heterocycles. The Labute approximate surface area is 92.5 Å². The zero-order chi connectivity index (χ0) is 11.3. The summed E-state index contributed by atoms with van der Waals surface area (Å²) >= 11 is 1.26. The van der Waals surface area contributed by atoms with Gasteiger partial charge in [-0.05, 0) is 30.7 Å². The highest BCUT2D eigenvalue weighted by molar-refractivity contribution is 8.14. The third-order valence-corrected chi connectivity index (χ3v) is 2.92. The van der Waals surface area contributed by atoms with Crippen LogP contribution in [0.2, 0.25) is 0 Å². The lowest BCUT2D eigenvalue weighted by Crippen LogP contribution is -1.98. The van der Waals surface area contributed by atoms with Gasteiger partial charge in [-0.1, -0.05) is 18.7 Å². The van der Waals surface area contributed by atoms with Gasteiger partial charge in [0.15, 0.2) is 0 Å². The molecule has 0 aliphatic carbocycles. The molecule has 80 valence electrons. The van der Waals surface area contributed by atoms with Gasteiger partial charge in [-0.15, -0.1) is 0 Å². The molecule has 0 amide bonds. The first-order valence-electron chi connectivity index (χ1n) is 4.65. The predicted octanol–water partition coefficient (Wildman–Crippen LogP) is 2.67. The van der Waals surface area contributed by atoms with Gasteiger partial charge in [0, 0.05) is 11.3 Å². The number of benzene rings is 1. The second-order valence-corrected chi connectivity index (χ2v) is 4.09. The van der Waals surface area contributed by atoms with Gasteiger partial charge >= 0.3 is 5.97 Å². The van der Waals surface area contributed by atoms with Gasteiger partial charge in [0.05, 0.1) is 5.56 Å². The van der Waals surface area contributed by atoms with Gasteiger partial charge in [0.2, 0.25) is 5.12 Å². The quantitative estimate of drug-likeness (QED) is 0.854. The van der Waals surface area contributed by atoms with E-state index in [-0.39, 0.29) is 10.7 Å². The van der Waals surface area contributed by atoms with Crippen molar-refractivity contribution in [2.45, 2.75) is 13.3 Å². The van der Waals surface area contributed by atoms with Crippen molar-refractivity contribution in [2.24, 2.45) is 0 Å². The first-order valence-corrected chi connectivity index (χ1v) is 5.64. The van der Waals surface area contributed by atoms with Gasteiger partial charge in [-0.2, -0.15) is 0 Å². The molecule has 1 rings (SSSR count). The molecular weight excluding hydrogens is 212 g/mol. The van der Waals surface area contributed by atoms with Crippen LogP contribution in [0.1, 0.15) is 34.1 Å². The van der Waals surface area contributed by atoms with Crippen LogP contribution in [0.5, 0.6) is 0 Å². The van der Waals surface area contributed by atoms with E-state index in [2.05, 4.69) is 0 Å². The fourth-order valence-corrected chi connectivity index (χ4v) is 1.72. The second-order valence-electron chi connectivity index (χ2n) is 3.02. The maximum absolute atomic E-state index is 11.5. The molecule has 15 heavy (non-hydrogen) atoms. The summed E-state index contributed by atoms with van der Waals surface area (Å²) < 4.78 is 0. The van der Waals surface area contributed by atoms with E-state index in [1.165, 1.54) is 23.9 Å². The first kappa shape index (κ1) is 11.8. The Morgan fingerprint density at radius 2 is 1.73 bits per heavy atom. The number of hydrogen-bond donors (Lipinski definition) is 1. The fourth-order valence-electron chi connectivity index (χ4n) is 1.03. The number of carbonyl (C=O) groups is 2. The van der Waals surface area contributed by atoms with E-state index < -0.39 is 5.97 Å². The van der Waals surface area contributed by atoms with E-state index >= 15 is 0 Å². The Morgan fingerprint density at radius 3 is 2.20 bits per heavy atom. The molecule has 1 aromatic rings. The smallest absolute Gasteiger partial charge is 0.335 e. The third kappa shape index (κ3) is 3.40. The first-order chi connectivity index (χ1) is 7.15. The van der Waals surface area contributed by atoms with E-state index in [9.17, 15) is 9.59 Å². The number of thioether (sulfide) groups is 1. The SMILES string of the molecule is CCCSC(=O)c1ccc(C(=O)O)cc1. The Bertz CT molecular complexity index is 357. The molecule has 1 aromatic carbocycles. The average molecular weight is 224 g/mol. The van der Waals surface area contributed by atoms with E-state index in [1.54, 1.807) is 12.1 Å². The molecule has 0 aromatic heterocycles. The number of carbonyl (C=O) groups excluding carboxylic acids is 1. The van der Waals surface area contributed by atoms with Crippen molar-refractivity contribution in [2.75, 3.05) is 5.75 Å². The standard InChI is InChI=1S/C11H12O3S/c1-2-7-15-11(14)9-5-3-8(4-6-9)10(12)13/h3-6H,2,7H2,1H3,(H,12,13). The Morgan fingerprint density at radius 1 is 1.20 bits per heavy atom. The predicted molar refractivity (Wildman–Crippen MR) is 60.5 cm³/mol. The number of carboxylic acid groups (broad SMARTS) is 1. The molecule has 0 bridgehead atoms. The lowest BCUT2D eigenvalue weighted by molar-refractivity contribution is 0.0696. The van der Waals surface area contributed by atoms with Crippen molar-refractivity contribution in [1.29, 1.82) is 0 Å². The summed E-state index contributed by atoms with van der Waals surface area (Å²) in [4.78, 5) is 22.1. The zero-order valence-corrected chi connectivity index (χ0v) is 9.21. The van der Waals surface area contributed by atoms with Gasteiger partial charge in [0.25, 0.3) is 0 Å². The molecule has 4 heteroatoms. The Hall–Kier alpha value is -1.29. The van der Waals surface area contributed by atoms with E-state index in [0.29, 0.717) is 5.56 Å². The van der Waals surface area contributed by atoms with Gasteiger partial charge in [-0.25, -0.2) is 4.79 Å². The monoisotopic (exact) mass is 224 g/mol. The van der Waals surface area contributed by atoms with Crippen LogP contribution in [-0.4, -0.2) is 21.9 Å². The summed E-state index contributed by atoms with van der Waals surface area (Å²) in [6, 6.07) is 5.99. The van der Waals surface area contributed by atoms with Crippen LogP contribution in [0.3, 0.4) is 0 Å². The minimum absolute atomic E-state index is 0.00575. The molecule has 0 spiro atoms. The van der Waals surface area contributed by atoms with Crippen LogP contribution < -0.4 is 0 Å². The minimum atomic E-state index is -0.977. The molecule has 0 atom stereocenters. The Balaban J connectivity index is 2.71. The van der Waals surface area contributed by atoms with Gasteiger partial charge < -0.3 is 5.11 Å². The van der Waals surface area contributed by atoms with Crippen LogP contribution in [0.4, 0.5) is 0 Å². The molecule has 0 saturated carbocycles. The highest BCUT2D eigenvalue weighted by Crippen LogP contribution is 2.14. The normalized spacial score (nSPS) is 9.93. The van der Waals surface area contributed by atoms with Crippen molar-refractivity contribution in [1.82, 2.24) is 0 Å². The van der Waals surface area contributed by atoms with Crippen LogP contribution >= 0.6 is 11.8 Å². The molecule has 0 aliphatic rings. The Kier molecular flexibility index (Phi) is 4.37. The lowest BCUT2D eigenvalue weighted by atomic mass is 10.1. The second kappa shape index (κ2) is 5.56. The van der Waals surface area contributed by atoms with Crippen LogP contribution in [0.25, 0.3) is 0 Å². The van der Waals surface area contributed by atoms with Crippen molar-refractivity contribution in [3.63, 3.8) is 0 Å². The molecule has 0 radical (unpaired) electrons. The van der Waals surface area contributed by atoms with Gasteiger partial charge in [-0.3, -0.25) is 4.79 Å². The summed E-state index contributed by atoms with van der Waals surface area (Å²) in [7, 11) is 0. The summed E-state index contributed by atoms with van der Waals surface area (Å²) in [6.07, 6.45) is 0.948. The maximum Gasteiger partial charge on any atom is 0.335 e. The van der Waals surface area contributed by atoms with E-state index in [4.69, 9.17) is 5.11 Å². The van der Waals surface area contributed by atoms with E-state index in [0.717, 1.165) is 12.2 Å². The van der Waals surface area contributed by atoms with Crippen LogP contribution in [0.15, 0.2) is 24.3 Å². The number of hydrogen-bond acceptors (Lipinski definition) is 3. The van der Waals surface area contributed by atoms with Gasteiger partial charge in [0.1, 0.15) is 0 Å². The molecule has 0 unspecified atom stereocenters. The van der Waals surface area contributed by atoms with Crippen LogP contribution in [0, 0.1) is 0 Å². The highest BCUT2D eigenvalue weighted by atomic mass is 32.2. The van der Waals surface area contributed by atoms with Crippen molar-refractivity contribution in [3.05, 3.63) is 35.4 Å². The maximum atomic E-state index is 11.5. The summed E-state index contributed by atoms with van der Waals surface area (Å²) in [5.74, 6) is -0.185. The van der Waals surface area contributed by atoms with Crippen molar-refractivity contribution in [3.8, 4) is 0 Å². The minimum Gasteiger partial charge on any atom is -0.478 e. The van der Waals surface area contributed by atoms with Crippen molar-refractivity contribution < 1.29 is 14.7 Å². The van der Waals surface area contributed by atoms with Crippen LogP contribution in [-0.2, 0) is 0 Å². The van der Waals surface area contributed by atoms with Crippen molar-refractivity contribution >= 4 is 22.8 Å². The highest BCUT2D eigenvalue weighted by Gasteiger charge is 2.07. The summed E-state index contributed by atoms with van der Waals surface area (Å²) in [5.41, 5.74) is 0.755. The molecule has 3 nitrogen and oxygen atoms in total. The molecular formula is C11H12O3S. The largest absolute Gasteiger partial charge is 0.478 e. The number of carboxylic acids is 1. The third-order valence-electron chi connectivity index (χ3n) is 1.80. The van der Waals surface area contributed by atoms with E-state index in [1.807, 2.05) is 6.92 Å². The number of rotatable bonds is 4. The molecule has 1 N–H and O–H groups in total. The number of aromatic carboxylic acids is 1. The topological polar surface area (TPSA) is 54.4 Å². The molecule has 0 fully saturated rings. The summed E-state index contributed by atoms with van der Waals surface area (Å²) in [6.45, 7) is 2.01. The fraction of sp³-hybridized carbons (Fsp3) is 0.273.